The van der Waals surface area contributed by atoms with Gasteiger partial charge in [0, 0.05) is 17.7 Å². The van der Waals surface area contributed by atoms with Crippen LogP contribution in [0.25, 0.3) is 22.3 Å². The Kier molecular flexibility index (Phi) is 8.90. The predicted molar refractivity (Wildman–Crippen MR) is 145 cm³/mol. The lowest BCUT2D eigenvalue weighted by atomic mass is 9.98. The molecule has 16 heteroatoms. The summed E-state index contributed by atoms with van der Waals surface area (Å²) in [5, 5.41) is 92.1. The number of hydrogen-bond donors (Lipinski definition) is 9. The molecule has 2 aliphatic heterocycles. The SMILES string of the molecule is COc1cc(-c2oc3cc(O)cc(O)c3c(=O)c2OC2O[C@@H](CO[C@@H]3O[C@H](C)[C@@H](O)[C@H](O)[C@@H]3O)[C@H](O)[C@@H](O)[C@@H]2O)ccc1O. The molecule has 2 fully saturated rings. The fourth-order valence-corrected chi connectivity index (χ4v) is 4.99. The first-order valence-corrected chi connectivity index (χ1v) is 13.4. The molecule has 44 heavy (non-hydrogen) atoms. The van der Waals surface area contributed by atoms with Crippen molar-refractivity contribution in [2.24, 2.45) is 0 Å². The van der Waals surface area contributed by atoms with Crippen LogP contribution in [-0.2, 0) is 14.2 Å². The number of aromatic hydroxyl groups is 3. The lowest BCUT2D eigenvalue weighted by Gasteiger charge is -2.42. The van der Waals surface area contributed by atoms with Gasteiger partial charge in [-0.1, -0.05) is 0 Å². The molecule has 16 nitrogen and oxygen atoms in total. The summed E-state index contributed by atoms with van der Waals surface area (Å²) in [6.45, 7) is 0.845. The molecule has 1 unspecified atom stereocenters. The van der Waals surface area contributed by atoms with Crippen molar-refractivity contribution < 1.29 is 74.1 Å². The largest absolute Gasteiger partial charge is 0.508 e. The summed E-state index contributed by atoms with van der Waals surface area (Å²) < 4.78 is 33.2. The molecule has 10 atom stereocenters. The first kappa shape index (κ1) is 31.7. The number of ether oxygens (including phenoxy) is 5. The minimum Gasteiger partial charge on any atom is -0.508 e. The van der Waals surface area contributed by atoms with Crippen LogP contribution in [0.4, 0.5) is 0 Å². The number of benzene rings is 2. The van der Waals surface area contributed by atoms with Gasteiger partial charge in [-0.05, 0) is 25.1 Å². The summed E-state index contributed by atoms with van der Waals surface area (Å²) in [7, 11) is 1.28. The smallest absolute Gasteiger partial charge is 0.239 e. The third-order valence-corrected chi connectivity index (χ3v) is 7.50. The van der Waals surface area contributed by atoms with Crippen LogP contribution < -0.4 is 14.9 Å². The highest BCUT2D eigenvalue weighted by atomic mass is 16.7. The first-order valence-electron chi connectivity index (χ1n) is 13.4. The quantitative estimate of drug-likeness (QED) is 0.147. The van der Waals surface area contributed by atoms with Crippen molar-refractivity contribution in [3.05, 3.63) is 40.6 Å². The van der Waals surface area contributed by atoms with Crippen molar-refractivity contribution in [3.8, 4) is 40.1 Å². The minimum atomic E-state index is -1.94. The van der Waals surface area contributed by atoms with E-state index in [0.29, 0.717) is 0 Å². The Balaban J connectivity index is 1.49. The van der Waals surface area contributed by atoms with Gasteiger partial charge in [-0.15, -0.1) is 0 Å². The van der Waals surface area contributed by atoms with Gasteiger partial charge in [0.2, 0.25) is 17.5 Å². The molecule has 0 aliphatic carbocycles. The highest BCUT2D eigenvalue weighted by molar-refractivity contribution is 5.88. The van der Waals surface area contributed by atoms with E-state index in [1.165, 1.54) is 32.2 Å². The Hall–Kier alpha value is -3.71. The Morgan fingerprint density at radius 1 is 0.795 bits per heavy atom. The first-order chi connectivity index (χ1) is 20.8. The fourth-order valence-electron chi connectivity index (χ4n) is 4.99. The van der Waals surface area contributed by atoms with E-state index in [9.17, 15) is 50.8 Å². The van der Waals surface area contributed by atoms with Crippen molar-refractivity contribution in [2.75, 3.05) is 13.7 Å². The summed E-state index contributed by atoms with van der Waals surface area (Å²) in [6, 6.07) is 5.83. The van der Waals surface area contributed by atoms with E-state index in [-0.39, 0.29) is 28.4 Å². The van der Waals surface area contributed by atoms with Crippen LogP contribution in [0.1, 0.15) is 6.92 Å². The van der Waals surface area contributed by atoms with E-state index < -0.39 is 96.1 Å². The predicted octanol–water partition coefficient (Wildman–Crippen LogP) is -1.38. The van der Waals surface area contributed by atoms with Crippen LogP contribution in [-0.4, -0.2) is 121 Å². The number of rotatable bonds is 7. The van der Waals surface area contributed by atoms with Gasteiger partial charge in [0.05, 0.1) is 19.8 Å². The Bertz CT molecular complexity index is 1560. The average molecular weight is 625 g/mol. The average Bonchev–Trinajstić information content (AvgIpc) is 2.98. The molecule has 0 radical (unpaired) electrons. The van der Waals surface area contributed by atoms with Crippen molar-refractivity contribution in [1.82, 2.24) is 0 Å². The Morgan fingerprint density at radius 2 is 1.48 bits per heavy atom. The van der Waals surface area contributed by atoms with Crippen molar-refractivity contribution in [3.63, 3.8) is 0 Å². The molecule has 9 N–H and O–H groups in total. The number of methoxy groups -OCH3 is 1. The van der Waals surface area contributed by atoms with Gasteiger partial charge < -0.3 is 74.1 Å². The van der Waals surface area contributed by atoms with Gasteiger partial charge in [0.1, 0.15) is 65.2 Å². The normalized spacial score (nSPS) is 32.5. The topological polar surface area (TPSA) is 258 Å². The number of phenols is 3. The molecule has 1 aromatic heterocycles. The van der Waals surface area contributed by atoms with E-state index in [1.807, 2.05) is 0 Å². The van der Waals surface area contributed by atoms with Crippen molar-refractivity contribution in [2.45, 2.75) is 68.3 Å². The molecule has 0 amide bonds. The van der Waals surface area contributed by atoms with Gasteiger partial charge in [0.25, 0.3) is 0 Å². The zero-order valence-corrected chi connectivity index (χ0v) is 23.3. The van der Waals surface area contributed by atoms with Gasteiger partial charge in [-0.2, -0.15) is 0 Å². The summed E-state index contributed by atoms with van der Waals surface area (Å²) in [5.74, 6) is -2.28. The molecule has 2 aliphatic rings. The number of phenolic OH excluding ortho intramolecular Hbond substituents is 3. The third kappa shape index (κ3) is 5.74. The second kappa shape index (κ2) is 12.4. The summed E-state index contributed by atoms with van der Waals surface area (Å²) >= 11 is 0. The molecule has 5 rings (SSSR count). The van der Waals surface area contributed by atoms with E-state index in [2.05, 4.69) is 0 Å². The second-order valence-electron chi connectivity index (χ2n) is 10.5. The minimum absolute atomic E-state index is 0.0151. The second-order valence-corrected chi connectivity index (χ2v) is 10.5. The summed E-state index contributed by atoms with van der Waals surface area (Å²) in [6.07, 6.45) is -16.0. The third-order valence-electron chi connectivity index (χ3n) is 7.50. The highest BCUT2D eigenvalue weighted by Crippen LogP contribution is 2.39. The summed E-state index contributed by atoms with van der Waals surface area (Å²) in [4.78, 5) is 13.7. The molecule has 240 valence electrons. The maximum absolute atomic E-state index is 13.7. The van der Waals surface area contributed by atoms with E-state index in [1.54, 1.807) is 0 Å². The molecular formula is C28H32O16. The molecule has 3 heterocycles. The van der Waals surface area contributed by atoms with Crippen LogP contribution in [0.5, 0.6) is 28.7 Å². The molecule has 2 saturated heterocycles. The van der Waals surface area contributed by atoms with Gasteiger partial charge in [0.15, 0.2) is 23.5 Å². The van der Waals surface area contributed by atoms with Crippen molar-refractivity contribution >= 4 is 11.0 Å². The lowest BCUT2D eigenvalue weighted by molar-refractivity contribution is -0.318. The molecule has 3 aromatic rings. The number of aliphatic hydroxyl groups excluding tert-OH is 6. The van der Waals surface area contributed by atoms with Crippen LogP contribution in [0.3, 0.4) is 0 Å². The molecule has 0 spiro atoms. The Labute approximate surface area is 248 Å². The van der Waals surface area contributed by atoms with E-state index in [4.69, 9.17) is 28.1 Å². The van der Waals surface area contributed by atoms with Crippen LogP contribution >= 0.6 is 0 Å². The molecule has 0 bridgehead atoms. The van der Waals surface area contributed by atoms with Crippen LogP contribution in [0.2, 0.25) is 0 Å². The monoisotopic (exact) mass is 624 g/mol. The van der Waals surface area contributed by atoms with Crippen LogP contribution in [0.15, 0.2) is 39.5 Å². The van der Waals surface area contributed by atoms with Gasteiger partial charge in [-0.25, -0.2) is 0 Å². The van der Waals surface area contributed by atoms with E-state index in [0.717, 1.165) is 12.1 Å². The molecule has 2 aromatic carbocycles. The van der Waals surface area contributed by atoms with Crippen LogP contribution in [0, 0.1) is 0 Å². The zero-order chi connectivity index (χ0) is 32.0. The number of aliphatic hydroxyl groups is 6. The fraction of sp³-hybridized carbons (Fsp3) is 0.464. The van der Waals surface area contributed by atoms with Gasteiger partial charge in [-0.3, -0.25) is 4.79 Å². The highest BCUT2D eigenvalue weighted by Gasteiger charge is 2.47. The van der Waals surface area contributed by atoms with E-state index >= 15 is 0 Å². The zero-order valence-electron chi connectivity index (χ0n) is 23.3. The molecular weight excluding hydrogens is 592 g/mol. The van der Waals surface area contributed by atoms with Crippen molar-refractivity contribution in [1.29, 1.82) is 0 Å². The maximum Gasteiger partial charge on any atom is 0.239 e. The number of hydrogen-bond acceptors (Lipinski definition) is 16. The molecule has 0 saturated carbocycles. The summed E-state index contributed by atoms with van der Waals surface area (Å²) in [5.41, 5.74) is -1.11. The Morgan fingerprint density at radius 3 is 2.18 bits per heavy atom. The number of fused-ring (bicyclic) bond motifs is 1. The lowest BCUT2D eigenvalue weighted by Crippen LogP contribution is -2.61. The maximum atomic E-state index is 13.7. The van der Waals surface area contributed by atoms with Gasteiger partial charge >= 0.3 is 0 Å². The standard InChI is InChI=1S/C28H32O16/c1-9-18(32)21(35)23(37)27(41-9)40-8-16-19(33)22(36)24(38)28(43-16)44-26-20(34)17-13(31)6-11(29)7-15(17)42-25(26)10-3-4-12(30)14(5-10)39-2/h3-7,9,16,18-19,21-24,27-33,35-38H,8H2,1-2H3/t9-,16+,18-,19+,21+,22-,23+,24+,27-,28?/m1/s1.